The second-order valence-electron chi connectivity index (χ2n) is 6.12. The maximum Gasteiger partial charge on any atom is 0.0220 e. The van der Waals surface area contributed by atoms with Crippen molar-refractivity contribution in [1.82, 2.24) is 10.2 Å². The predicted molar refractivity (Wildman–Crippen MR) is 81.0 cm³/mol. The molecular weight excluding hydrogens is 220 g/mol. The van der Waals surface area contributed by atoms with Crippen molar-refractivity contribution in [2.45, 2.75) is 65.8 Å². The number of piperidine rings is 1. The lowest BCUT2D eigenvalue weighted by molar-refractivity contribution is 0.142. The second kappa shape index (κ2) is 8.92. The normalized spacial score (nSPS) is 25.0. The Morgan fingerprint density at radius 2 is 2.06 bits per heavy atom. The van der Waals surface area contributed by atoms with Crippen LogP contribution >= 0.6 is 0 Å². The quantitative estimate of drug-likeness (QED) is 0.713. The minimum Gasteiger partial charge on any atom is -0.312 e. The monoisotopic (exact) mass is 254 g/mol. The Labute approximate surface area is 115 Å². The Morgan fingerprint density at radius 3 is 2.67 bits per heavy atom. The summed E-state index contributed by atoms with van der Waals surface area (Å²) in [6.45, 7) is 14.4. The summed E-state index contributed by atoms with van der Waals surface area (Å²) in [7, 11) is 0. The van der Waals surface area contributed by atoms with E-state index in [1.165, 1.54) is 58.3 Å². The van der Waals surface area contributed by atoms with Gasteiger partial charge in [-0.2, -0.15) is 0 Å². The fourth-order valence-electron chi connectivity index (χ4n) is 2.99. The molecule has 0 aromatic rings. The van der Waals surface area contributed by atoms with Gasteiger partial charge in [0.25, 0.3) is 0 Å². The van der Waals surface area contributed by atoms with Gasteiger partial charge in [0, 0.05) is 19.1 Å². The highest BCUT2D eigenvalue weighted by atomic mass is 15.2. The Hall–Kier alpha value is -0.0800. The molecule has 0 aliphatic carbocycles. The highest BCUT2D eigenvalue weighted by Gasteiger charge is 2.23. The zero-order valence-corrected chi connectivity index (χ0v) is 13.0. The molecule has 1 saturated heterocycles. The van der Waals surface area contributed by atoms with Crippen LogP contribution in [0.15, 0.2) is 0 Å². The number of nitrogens with zero attached hydrogens (tertiary/aromatic N) is 1. The van der Waals surface area contributed by atoms with E-state index >= 15 is 0 Å². The van der Waals surface area contributed by atoms with Gasteiger partial charge in [0.1, 0.15) is 0 Å². The van der Waals surface area contributed by atoms with E-state index in [-0.39, 0.29) is 0 Å². The van der Waals surface area contributed by atoms with Gasteiger partial charge in [-0.1, -0.05) is 40.5 Å². The summed E-state index contributed by atoms with van der Waals surface area (Å²) >= 11 is 0. The average molecular weight is 254 g/mol. The molecule has 3 atom stereocenters. The Bertz CT molecular complexity index is 205. The van der Waals surface area contributed by atoms with Crippen molar-refractivity contribution in [2.24, 2.45) is 11.8 Å². The topological polar surface area (TPSA) is 15.3 Å². The summed E-state index contributed by atoms with van der Waals surface area (Å²) in [5, 5.41) is 3.76. The molecule has 108 valence electrons. The smallest absolute Gasteiger partial charge is 0.0220 e. The van der Waals surface area contributed by atoms with Crippen LogP contribution < -0.4 is 5.32 Å². The maximum absolute atomic E-state index is 3.76. The summed E-state index contributed by atoms with van der Waals surface area (Å²) in [6, 6.07) is 0.686. The molecule has 18 heavy (non-hydrogen) atoms. The third kappa shape index (κ3) is 5.27. The van der Waals surface area contributed by atoms with Gasteiger partial charge in [0.2, 0.25) is 0 Å². The number of hydrogen-bond acceptors (Lipinski definition) is 2. The molecule has 0 bridgehead atoms. The van der Waals surface area contributed by atoms with Gasteiger partial charge in [-0.3, -0.25) is 0 Å². The summed E-state index contributed by atoms with van der Waals surface area (Å²) in [6.07, 6.45) is 6.73. The SMILES string of the molecule is CCCNC(CN1CCCC(CC)C1)C(C)CC. The van der Waals surface area contributed by atoms with Crippen molar-refractivity contribution in [3.05, 3.63) is 0 Å². The van der Waals surface area contributed by atoms with Crippen LogP contribution in [0, 0.1) is 11.8 Å². The molecule has 1 N–H and O–H groups in total. The van der Waals surface area contributed by atoms with Crippen molar-refractivity contribution in [3.63, 3.8) is 0 Å². The van der Waals surface area contributed by atoms with Gasteiger partial charge < -0.3 is 10.2 Å². The summed E-state index contributed by atoms with van der Waals surface area (Å²) in [5.41, 5.74) is 0. The predicted octanol–water partition coefficient (Wildman–Crippen LogP) is 3.52. The lowest BCUT2D eigenvalue weighted by Crippen LogP contribution is -2.48. The lowest BCUT2D eigenvalue weighted by Gasteiger charge is -2.36. The summed E-state index contributed by atoms with van der Waals surface area (Å²) in [4.78, 5) is 2.71. The van der Waals surface area contributed by atoms with Crippen molar-refractivity contribution >= 4 is 0 Å². The highest BCUT2D eigenvalue weighted by Crippen LogP contribution is 2.20. The van der Waals surface area contributed by atoms with Gasteiger partial charge in [-0.15, -0.1) is 0 Å². The highest BCUT2D eigenvalue weighted by molar-refractivity contribution is 4.80. The molecule has 1 heterocycles. The van der Waals surface area contributed by atoms with Crippen LogP contribution in [0.1, 0.15) is 59.8 Å². The number of rotatable bonds is 8. The molecule has 2 nitrogen and oxygen atoms in total. The molecule has 0 aromatic heterocycles. The van der Waals surface area contributed by atoms with Gasteiger partial charge in [-0.25, -0.2) is 0 Å². The first-order valence-corrected chi connectivity index (χ1v) is 8.16. The van der Waals surface area contributed by atoms with E-state index in [0.29, 0.717) is 6.04 Å². The maximum atomic E-state index is 3.76. The van der Waals surface area contributed by atoms with E-state index in [2.05, 4.69) is 37.9 Å². The second-order valence-corrected chi connectivity index (χ2v) is 6.12. The molecule has 1 aliphatic heterocycles. The van der Waals surface area contributed by atoms with Crippen LogP contribution in [0.25, 0.3) is 0 Å². The minimum atomic E-state index is 0.686. The zero-order chi connectivity index (χ0) is 13.4. The van der Waals surface area contributed by atoms with E-state index in [1.807, 2.05) is 0 Å². The van der Waals surface area contributed by atoms with Crippen LogP contribution in [-0.2, 0) is 0 Å². The number of hydrogen-bond donors (Lipinski definition) is 1. The summed E-state index contributed by atoms with van der Waals surface area (Å²) in [5.74, 6) is 1.74. The van der Waals surface area contributed by atoms with E-state index in [9.17, 15) is 0 Å². The lowest BCUT2D eigenvalue weighted by atomic mass is 9.93. The molecule has 0 aromatic carbocycles. The van der Waals surface area contributed by atoms with Gasteiger partial charge in [0.05, 0.1) is 0 Å². The first kappa shape index (κ1) is 16.0. The molecule has 1 rings (SSSR count). The first-order chi connectivity index (χ1) is 8.71. The van der Waals surface area contributed by atoms with Gasteiger partial charge in [0.15, 0.2) is 0 Å². The third-order valence-electron chi connectivity index (χ3n) is 4.62. The molecule has 0 radical (unpaired) electrons. The van der Waals surface area contributed by atoms with E-state index in [1.54, 1.807) is 0 Å². The molecule has 2 heteroatoms. The first-order valence-electron chi connectivity index (χ1n) is 8.16. The zero-order valence-electron chi connectivity index (χ0n) is 13.0. The molecule has 0 spiro atoms. The van der Waals surface area contributed by atoms with Gasteiger partial charge in [-0.05, 0) is 44.2 Å². The standard InChI is InChI=1S/C16H34N2/c1-5-10-17-16(14(4)6-2)13-18-11-8-9-15(7-3)12-18/h14-17H,5-13H2,1-4H3. The third-order valence-corrected chi connectivity index (χ3v) is 4.62. The molecule has 3 unspecified atom stereocenters. The molecule has 1 fully saturated rings. The molecule has 1 aliphatic rings. The van der Waals surface area contributed by atoms with Crippen molar-refractivity contribution in [3.8, 4) is 0 Å². The number of nitrogens with one attached hydrogen (secondary N) is 1. The average Bonchev–Trinajstić information content (AvgIpc) is 2.42. The molecule has 0 saturated carbocycles. The van der Waals surface area contributed by atoms with Gasteiger partial charge >= 0.3 is 0 Å². The Morgan fingerprint density at radius 1 is 1.28 bits per heavy atom. The van der Waals surface area contributed by atoms with E-state index in [4.69, 9.17) is 0 Å². The Kier molecular flexibility index (Phi) is 7.92. The largest absolute Gasteiger partial charge is 0.312 e. The van der Waals surface area contributed by atoms with E-state index < -0.39 is 0 Å². The van der Waals surface area contributed by atoms with Crippen LogP contribution in [0.2, 0.25) is 0 Å². The summed E-state index contributed by atoms with van der Waals surface area (Å²) < 4.78 is 0. The van der Waals surface area contributed by atoms with Crippen molar-refractivity contribution in [2.75, 3.05) is 26.2 Å². The van der Waals surface area contributed by atoms with Crippen LogP contribution in [0.3, 0.4) is 0 Å². The fourth-order valence-corrected chi connectivity index (χ4v) is 2.99. The fraction of sp³-hybridized carbons (Fsp3) is 1.00. The van der Waals surface area contributed by atoms with Crippen molar-refractivity contribution in [1.29, 1.82) is 0 Å². The van der Waals surface area contributed by atoms with Crippen LogP contribution in [-0.4, -0.2) is 37.1 Å². The molecule has 0 amide bonds. The van der Waals surface area contributed by atoms with E-state index in [0.717, 1.165) is 11.8 Å². The minimum absolute atomic E-state index is 0.686. The van der Waals surface area contributed by atoms with Crippen molar-refractivity contribution < 1.29 is 0 Å². The number of likely N-dealkylation sites (tertiary alicyclic amines) is 1. The Balaban J connectivity index is 2.43. The van der Waals surface area contributed by atoms with Crippen LogP contribution in [0.4, 0.5) is 0 Å². The molecular formula is C16H34N2. The van der Waals surface area contributed by atoms with Crippen LogP contribution in [0.5, 0.6) is 0 Å².